The fourth-order valence-electron chi connectivity index (χ4n) is 4.82. The third-order valence-electron chi connectivity index (χ3n) is 6.29. The zero-order chi connectivity index (χ0) is 21.0. The number of rotatable bonds is 1. The number of urea groups is 1. The van der Waals surface area contributed by atoms with E-state index in [4.69, 9.17) is 0 Å². The molecule has 0 aliphatic carbocycles. The van der Waals surface area contributed by atoms with Gasteiger partial charge in [-0.05, 0) is 75.2 Å². The van der Waals surface area contributed by atoms with Crippen molar-refractivity contribution in [3.63, 3.8) is 0 Å². The maximum atomic E-state index is 13.4. The van der Waals surface area contributed by atoms with E-state index in [0.717, 1.165) is 42.0 Å². The maximum Gasteiger partial charge on any atom is 0.322 e. The van der Waals surface area contributed by atoms with Crippen molar-refractivity contribution in [2.24, 2.45) is 0 Å². The minimum absolute atomic E-state index is 0.00702. The molecule has 1 N–H and O–H groups in total. The number of aromatic nitrogens is 1. The predicted octanol–water partition coefficient (Wildman–Crippen LogP) is 5.25. The average molecular weight is 421 g/mol. The van der Waals surface area contributed by atoms with Crippen molar-refractivity contribution in [2.75, 3.05) is 18.9 Å². The molecule has 0 spiro atoms. The molecular weight excluding hydrogens is 392 g/mol. The number of carbonyl (C=O) groups excluding carboxylic acids is 1. The number of nitrogens with zero attached hydrogens (tertiary/aromatic N) is 3. The van der Waals surface area contributed by atoms with E-state index in [9.17, 15) is 4.79 Å². The number of fused-ring (bicyclic) bond motifs is 5. The van der Waals surface area contributed by atoms with Crippen LogP contribution in [0, 0.1) is 13.8 Å². The number of anilines is 1. The van der Waals surface area contributed by atoms with Crippen LogP contribution in [0.3, 0.4) is 0 Å². The highest BCUT2D eigenvalue weighted by Gasteiger charge is 2.33. The van der Waals surface area contributed by atoms with Crippen LogP contribution in [0.25, 0.3) is 5.00 Å². The number of benzene rings is 1. The molecule has 3 aromatic rings. The van der Waals surface area contributed by atoms with Crippen LogP contribution in [0.1, 0.15) is 45.8 Å². The standard InChI is InChI=1S/C24H28N4OS/c1-15-10-16(2)12-18(11-15)25-24(29)28-13-20-19-7-9-26(4)14-22(19)30-23(20)27-8-5-6-21(27)17(28)3/h5-6,8,10-12,17H,7,9,13-14H2,1-4H3,(H,25,29)/t17-/m1/s1. The van der Waals surface area contributed by atoms with E-state index >= 15 is 0 Å². The predicted molar refractivity (Wildman–Crippen MR) is 123 cm³/mol. The molecule has 156 valence electrons. The van der Waals surface area contributed by atoms with Crippen molar-refractivity contribution in [1.82, 2.24) is 14.4 Å². The van der Waals surface area contributed by atoms with Crippen LogP contribution >= 0.6 is 11.3 Å². The first-order valence-corrected chi connectivity index (χ1v) is 11.4. The second kappa shape index (κ2) is 7.29. The van der Waals surface area contributed by atoms with Crippen LogP contribution in [0.5, 0.6) is 0 Å². The van der Waals surface area contributed by atoms with Gasteiger partial charge in [-0.25, -0.2) is 4.79 Å². The van der Waals surface area contributed by atoms with Crippen molar-refractivity contribution in [2.45, 2.75) is 46.3 Å². The molecule has 4 heterocycles. The molecule has 6 heteroatoms. The van der Waals surface area contributed by atoms with Gasteiger partial charge in [0.2, 0.25) is 0 Å². The van der Waals surface area contributed by atoms with Gasteiger partial charge in [-0.2, -0.15) is 0 Å². The number of hydrogen-bond donors (Lipinski definition) is 1. The molecule has 5 nitrogen and oxygen atoms in total. The van der Waals surface area contributed by atoms with Gasteiger partial charge in [-0.3, -0.25) is 0 Å². The number of aryl methyl sites for hydroxylation is 2. The van der Waals surface area contributed by atoms with Crippen molar-refractivity contribution in [3.05, 3.63) is 69.4 Å². The normalized spacial score (nSPS) is 18.4. The number of hydrogen-bond acceptors (Lipinski definition) is 3. The lowest BCUT2D eigenvalue weighted by atomic mass is 10.0. The van der Waals surface area contributed by atoms with Gasteiger partial charge in [0.25, 0.3) is 0 Å². The Labute approximate surface area is 181 Å². The summed E-state index contributed by atoms with van der Waals surface area (Å²) in [5.41, 5.74) is 7.10. The molecule has 0 fully saturated rings. The van der Waals surface area contributed by atoms with Gasteiger partial charge in [0, 0.05) is 41.1 Å². The number of carbonyl (C=O) groups is 1. The third-order valence-corrected chi connectivity index (χ3v) is 7.55. The fourth-order valence-corrected chi connectivity index (χ4v) is 6.26. The van der Waals surface area contributed by atoms with Gasteiger partial charge in [-0.1, -0.05) is 6.07 Å². The van der Waals surface area contributed by atoms with Crippen LogP contribution in [0.2, 0.25) is 0 Å². The van der Waals surface area contributed by atoms with E-state index in [1.165, 1.54) is 21.0 Å². The van der Waals surface area contributed by atoms with Crippen LogP contribution < -0.4 is 5.32 Å². The Morgan fingerprint density at radius 1 is 1.13 bits per heavy atom. The summed E-state index contributed by atoms with van der Waals surface area (Å²) in [6.45, 7) is 8.96. The van der Waals surface area contributed by atoms with Crippen LogP contribution in [-0.2, 0) is 19.5 Å². The molecule has 2 aliphatic rings. The van der Waals surface area contributed by atoms with Crippen molar-refractivity contribution >= 4 is 23.1 Å². The number of likely N-dealkylation sites (N-methyl/N-ethyl adjacent to an activating group) is 1. The third kappa shape index (κ3) is 3.24. The molecule has 5 rings (SSSR count). The molecular formula is C24H28N4OS. The largest absolute Gasteiger partial charge is 0.322 e. The monoisotopic (exact) mass is 420 g/mol. The molecule has 0 saturated carbocycles. The molecule has 0 unspecified atom stereocenters. The van der Waals surface area contributed by atoms with E-state index in [1.807, 2.05) is 28.4 Å². The highest BCUT2D eigenvalue weighted by atomic mass is 32.1. The van der Waals surface area contributed by atoms with Crippen molar-refractivity contribution < 1.29 is 4.79 Å². The Bertz CT molecular complexity index is 1110. The summed E-state index contributed by atoms with van der Waals surface area (Å²) in [6.07, 6.45) is 3.19. The summed E-state index contributed by atoms with van der Waals surface area (Å²) in [6, 6.07) is 10.4. The molecule has 0 saturated heterocycles. The number of amides is 2. The van der Waals surface area contributed by atoms with E-state index in [-0.39, 0.29) is 12.1 Å². The molecule has 1 aromatic carbocycles. The lowest BCUT2D eigenvalue weighted by Gasteiger charge is -2.29. The minimum atomic E-state index is -0.0408. The van der Waals surface area contributed by atoms with Gasteiger partial charge in [0.1, 0.15) is 5.00 Å². The van der Waals surface area contributed by atoms with Gasteiger partial charge >= 0.3 is 6.03 Å². The molecule has 0 bridgehead atoms. The van der Waals surface area contributed by atoms with E-state index < -0.39 is 0 Å². The minimum Gasteiger partial charge on any atom is -0.312 e. The van der Waals surface area contributed by atoms with Gasteiger partial charge in [0.15, 0.2) is 0 Å². The summed E-state index contributed by atoms with van der Waals surface area (Å²) in [5, 5.41) is 4.44. The highest BCUT2D eigenvalue weighted by molar-refractivity contribution is 7.15. The Morgan fingerprint density at radius 3 is 2.67 bits per heavy atom. The summed E-state index contributed by atoms with van der Waals surface area (Å²) in [4.78, 5) is 19.2. The molecule has 2 aromatic heterocycles. The Balaban J connectivity index is 1.54. The molecule has 30 heavy (non-hydrogen) atoms. The van der Waals surface area contributed by atoms with Crippen molar-refractivity contribution in [1.29, 1.82) is 0 Å². The first-order chi connectivity index (χ1) is 14.4. The second-order valence-electron chi connectivity index (χ2n) is 8.69. The maximum absolute atomic E-state index is 13.4. The number of thiophene rings is 1. The summed E-state index contributed by atoms with van der Waals surface area (Å²) < 4.78 is 2.30. The van der Waals surface area contributed by atoms with E-state index in [2.05, 4.69) is 67.0 Å². The first-order valence-electron chi connectivity index (χ1n) is 10.6. The Hall–Kier alpha value is -2.57. The fraction of sp³-hybridized carbons (Fsp3) is 0.375. The van der Waals surface area contributed by atoms with Gasteiger partial charge in [0.05, 0.1) is 12.6 Å². The van der Waals surface area contributed by atoms with Crippen molar-refractivity contribution in [3.8, 4) is 5.00 Å². The van der Waals surface area contributed by atoms with Crippen LogP contribution in [0.4, 0.5) is 10.5 Å². The zero-order valence-electron chi connectivity index (χ0n) is 18.0. The van der Waals surface area contributed by atoms with Gasteiger partial charge in [-0.15, -0.1) is 11.3 Å². The highest BCUT2D eigenvalue weighted by Crippen LogP contribution is 2.41. The Morgan fingerprint density at radius 2 is 1.90 bits per heavy atom. The van der Waals surface area contributed by atoms with Gasteiger partial charge < -0.3 is 19.7 Å². The summed E-state index contributed by atoms with van der Waals surface area (Å²) >= 11 is 1.89. The van der Waals surface area contributed by atoms with E-state index in [1.54, 1.807) is 0 Å². The molecule has 2 amide bonds. The first kappa shape index (κ1) is 19.4. The SMILES string of the molecule is Cc1cc(C)cc(NC(=O)N2Cc3c(sc4c3CCN(C)C4)-n3cccc3[C@H]2C)c1. The lowest BCUT2D eigenvalue weighted by molar-refractivity contribution is 0.189. The quantitative estimate of drug-likeness (QED) is 0.584. The summed E-state index contributed by atoms with van der Waals surface area (Å²) in [7, 11) is 2.18. The lowest BCUT2D eigenvalue weighted by Crippen LogP contribution is -2.36. The average Bonchev–Trinajstić information content (AvgIpc) is 3.26. The zero-order valence-corrected chi connectivity index (χ0v) is 18.8. The van der Waals surface area contributed by atoms with E-state index in [0.29, 0.717) is 6.54 Å². The Kier molecular flexibility index (Phi) is 4.71. The second-order valence-corrected chi connectivity index (χ2v) is 9.77. The molecule has 1 atom stereocenters. The number of nitrogens with one attached hydrogen (secondary N) is 1. The molecule has 0 radical (unpaired) electrons. The molecule has 2 aliphatic heterocycles. The topological polar surface area (TPSA) is 40.5 Å². The smallest absolute Gasteiger partial charge is 0.312 e. The van der Waals surface area contributed by atoms with Crippen LogP contribution in [0.15, 0.2) is 36.5 Å². The van der Waals surface area contributed by atoms with Crippen LogP contribution in [-0.4, -0.2) is 34.0 Å². The summed E-state index contributed by atoms with van der Waals surface area (Å²) in [5.74, 6) is 0.